The number of amides is 2. The van der Waals surface area contributed by atoms with Crippen LogP contribution in [0.3, 0.4) is 0 Å². The third kappa shape index (κ3) is 4.17. The molecule has 9 heteroatoms. The van der Waals surface area contributed by atoms with Crippen LogP contribution in [0, 0.1) is 11.6 Å². The Labute approximate surface area is 179 Å². The fourth-order valence-corrected chi connectivity index (χ4v) is 3.66. The molecule has 154 valence electrons. The summed E-state index contributed by atoms with van der Waals surface area (Å²) in [6.07, 6.45) is 1.49. The zero-order valence-corrected chi connectivity index (χ0v) is 16.6. The van der Waals surface area contributed by atoms with Crippen molar-refractivity contribution in [2.45, 2.75) is 0 Å². The average molecular weight is 436 g/mol. The van der Waals surface area contributed by atoms with Crippen molar-refractivity contribution in [2.24, 2.45) is 5.73 Å². The smallest absolute Gasteiger partial charge is 0.274 e. The molecule has 31 heavy (non-hydrogen) atoms. The molecule has 0 aliphatic rings. The van der Waals surface area contributed by atoms with E-state index in [0.717, 1.165) is 29.2 Å². The molecule has 0 aliphatic heterocycles. The van der Waals surface area contributed by atoms with E-state index < -0.39 is 23.4 Å². The number of hydrogen-bond donors (Lipinski definition) is 2. The fourth-order valence-electron chi connectivity index (χ4n) is 2.95. The Kier molecular flexibility index (Phi) is 5.50. The van der Waals surface area contributed by atoms with E-state index in [-0.39, 0.29) is 17.0 Å². The molecule has 2 aromatic heterocycles. The topological polar surface area (TPSA) is 98.0 Å². The second kappa shape index (κ2) is 8.41. The van der Waals surface area contributed by atoms with E-state index in [1.807, 2.05) is 0 Å². The molecule has 0 bridgehead atoms. The number of carbonyl (C=O) groups excluding carboxylic acids is 2. The fraction of sp³-hybridized carbons (Fsp3) is 0. The Hall–Kier alpha value is -3.98. The minimum absolute atomic E-state index is 0.00829. The number of benzene rings is 2. The van der Waals surface area contributed by atoms with Crippen LogP contribution < -0.4 is 11.1 Å². The summed E-state index contributed by atoms with van der Waals surface area (Å²) in [5, 5.41) is 2.72. The Morgan fingerprint density at radius 3 is 2.29 bits per heavy atom. The van der Waals surface area contributed by atoms with Crippen molar-refractivity contribution in [1.29, 1.82) is 0 Å². The number of rotatable bonds is 5. The Bertz CT molecular complexity index is 1270. The van der Waals surface area contributed by atoms with Gasteiger partial charge in [-0.2, -0.15) is 4.37 Å². The first-order valence-electron chi connectivity index (χ1n) is 9.02. The molecule has 3 N–H and O–H groups in total. The van der Waals surface area contributed by atoms with Gasteiger partial charge >= 0.3 is 0 Å². The average Bonchev–Trinajstić information content (AvgIpc) is 3.22. The number of aromatic nitrogens is 2. The summed E-state index contributed by atoms with van der Waals surface area (Å²) < 4.78 is 32.3. The van der Waals surface area contributed by atoms with Gasteiger partial charge in [0.2, 0.25) is 5.91 Å². The molecule has 0 fully saturated rings. The second-order valence-electron chi connectivity index (χ2n) is 6.47. The monoisotopic (exact) mass is 436 g/mol. The molecule has 2 amide bonds. The Morgan fingerprint density at radius 2 is 1.61 bits per heavy atom. The van der Waals surface area contributed by atoms with Crippen molar-refractivity contribution in [3.63, 3.8) is 0 Å². The third-order valence-corrected chi connectivity index (χ3v) is 5.30. The van der Waals surface area contributed by atoms with E-state index in [0.29, 0.717) is 16.1 Å². The molecule has 4 aromatic rings. The van der Waals surface area contributed by atoms with Crippen LogP contribution in [0.4, 0.5) is 14.5 Å². The van der Waals surface area contributed by atoms with Crippen LogP contribution in [0.1, 0.15) is 20.8 Å². The number of anilines is 1. The van der Waals surface area contributed by atoms with Crippen LogP contribution in [0.25, 0.3) is 21.7 Å². The van der Waals surface area contributed by atoms with Gasteiger partial charge in [-0.1, -0.05) is 24.3 Å². The summed E-state index contributed by atoms with van der Waals surface area (Å²) in [5.74, 6) is -2.64. The SMILES string of the molecule is NC(=O)c1ccc(-c2sncc2NC(=O)c2cccc(-c3c(F)cccc3F)n2)cc1. The van der Waals surface area contributed by atoms with Gasteiger partial charge in [-0.15, -0.1) is 0 Å². The van der Waals surface area contributed by atoms with Crippen molar-refractivity contribution >= 4 is 29.0 Å². The number of hydrogen-bond acceptors (Lipinski definition) is 5. The molecule has 0 spiro atoms. The maximum absolute atomic E-state index is 14.1. The standard InChI is InChI=1S/C22H14F2N4O2S/c23-14-3-1-4-15(24)19(14)16-5-2-6-17(27-16)22(30)28-18-11-26-31-20(18)12-7-9-13(10-8-12)21(25)29/h1-11H,(H2,25,29)(H,28,30). The number of nitrogens with zero attached hydrogens (tertiary/aromatic N) is 2. The van der Waals surface area contributed by atoms with Gasteiger partial charge in [0.15, 0.2) is 0 Å². The van der Waals surface area contributed by atoms with Gasteiger partial charge < -0.3 is 11.1 Å². The molecular formula is C22H14F2N4O2S. The molecule has 6 nitrogen and oxygen atoms in total. The Balaban J connectivity index is 1.60. The van der Waals surface area contributed by atoms with Gasteiger partial charge in [0.25, 0.3) is 5.91 Å². The maximum atomic E-state index is 14.1. The lowest BCUT2D eigenvalue weighted by Gasteiger charge is -2.08. The third-order valence-electron chi connectivity index (χ3n) is 4.45. The van der Waals surface area contributed by atoms with Crippen LogP contribution in [0.15, 0.2) is 66.9 Å². The number of carbonyl (C=O) groups is 2. The molecule has 0 unspecified atom stereocenters. The van der Waals surface area contributed by atoms with E-state index in [2.05, 4.69) is 14.7 Å². The number of nitrogens with two attached hydrogens (primary N) is 1. The normalized spacial score (nSPS) is 10.6. The van der Waals surface area contributed by atoms with Crippen molar-refractivity contribution < 1.29 is 18.4 Å². The lowest BCUT2D eigenvalue weighted by molar-refractivity contribution is 0.0997. The summed E-state index contributed by atoms with van der Waals surface area (Å²) in [5.41, 5.74) is 6.48. The largest absolute Gasteiger partial charge is 0.366 e. The van der Waals surface area contributed by atoms with Crippen LogP contribution in [-0.2, 0) is 0 Å². The van der Waals surface area contributed by atoms with Crippen LogP contribution in [-0.4, -0.2) is 21.2 Å². The molecular weight excluding hydrogens is 422 g/mol. The van der Waals surface area contributed by atoms with Crippen LogP contribution in [0.5, 0.6) is 0 Å². The zero-order chi connectivity index (χ0) is 22.0. The first-order valence-corrected chi connectivity index (χ1v) is 9.79. The van der Waals surface area contributed by atoms with E-state index in [1.165, 1.54) is 30.5 Å². The van der Waals surface area contributed by atoms with Gasteiger partial charge in [-0.05, 0) is 53.5 Å². The molecule has 0 radical (unpaired) electrons. The Morgan fingerprint density at radius 1 is 0.935 bits per heavy atom. The molecule has 4 rings (SSSR count). The highest BCUT2D eigenvalue weighted by molar-refractivity contribution is 7.10. The lowest BCUT2D eigenvalue weighted by atomic mass is 10.1. The maximum Gasteiger partial charge on any atom is 0.274 e. The quantitative estimate of drug-likeness (QED) is 0.481. The minimum Gasteiger partial charge on any atom is -0.366 e. The first kappa shape index (κ1) is 20.3. The summed E-state index contributed by atoms with van der Waals surface area (Å²) in [6, 6.07) is 14.4. The molecule has 0 atom stereocenters. The van der Waals surface area contributed by atoms with Crippen LogP contribution >= 0.6 is 11.5 Å². The number of pyridine rings is 1. The lowest BCUT2D eigenvalue weighted by Crippen LogP contribution is -2.14. The number of halogens is 2. The zero-order valence-electron chi connectivity index (χ0n) is 15.8. The number of primary amides is 1. The highest BCUT2D eigenvalue weighted by Crippen LogP contribution is 2.32. The van der Waals surface area contributed by atoms with E-state index in [1.54, 1.807) is 24.3 Å². The predicted molar refractivity (Wildman–Crippen MR) is 114 cm³/mol. The minimum atomic E-state index is -0.770. The van der Waals surface area contributed by atoms with Crippen LogP contribution in [0.2, 0.25) is 0 Å². The summed E-state index contributed by atoms with van der Waals surface area (Å²) in [6.45, 7) is 0. The van der Waals surface area contributed by atoms with Crippen molar-refractivity contribution in [2.75, 3.05) is 5.32 Å². The molecule has 2 heterocycles. The molecule has 2 aromatic carbocycles. The van der Waals surface area contributed by atoms with Crippen molar-refractivity contribution in [3.8, 4) is 21.7 Å². The van der Waals surface area contributed by atoms with Gasteiger partial charge in [0.05, 0.1) is 28.0 Å². The van der Waals surface area contributed by atoms with Gasteiger partial charge in [-0.3, -0.25) is 9.59 Å². The van der Waals surface area contributed by atoms with E-state index in [9.17, 15) is 18.4 Å². The second-order valence-corrected chi connectivity index (χ2v) is 7.27. The predicted octanol–water partition coefficient (Wildman–Crippen LogP) is 4.50. The molecule has 0 saturated heterocycles. The van der Waals surface area contributed by atoms with Gasteiger partial charge in [-0.25, -0.2) is 13.8 Å². The van der Waals surface area contributed by atoms with E-state index >= 15 is 0 Å². The summed E-state index contributed by atoms with van der Waals surface area (Å²) >= 11 is 1.16. The highest BCUT2D eigenvalue weighted by Gasteiger charge is 2.17. The van der Waals surface area contributed by atoms with Crippen molar-refractivity contribution in [3.05, 3.63) is 89.8 Å². The van der Waals surface area contributed by atoms with E-state index in [4.69, 9.17) is 5.73 Å². The summed E-state index contributed by atoms with van der Waals surface area (Å²) in [4.78, 5) is 28.8. The van der Waals surface area contributed by atoms with Gasteiger partial charge in [0.1, 0.15) is 17.3 Å². The molecule has 0 saturated carbocycles. The molecule has 0 aliphatic carbocycles. The first-order chi connectivity index (χ1) is 14.9. The van der Waals surface area contributed by atoms with Gasteiger partial charge in [0, 0.05) is 5.56 Å². The number of nitrogens with one attached hydrogen (secondary N) is 1. The summed E-state index contributed by atoms with van der Waals surface area (Å²) in [7, 11) is 0. The van der Waals surface area contributed by atoms with Crippen molar-refractivity contribution in [1.82, 2.24) is 9.36 Å². The highest BCUT2D eigenvalue weighted by atomic mass is 32.1.